The van der Waals surface area contributed by atoms with E-state index >= 15 is 0 Å². The lowest BCUT2D eigenvalue weighted by molar-refractivity contribution is -0.166. The average Bonchev–Trinajstić information content (AvgIpc) is 3.43. The molecule has 9 nitrogen and oxygen atoms in total. The fourth-order valence-corrected chi connectivity index (χ4v) is 6.05. The first-order valence-corrected chi connectivity index (χ1v) is 12.6. The van der Waals surface area contributed by atoms with Gasteiger partial charge in [0.2, 0.25) is 11.8 Å². The molecule has 1 N–H and O–H groups in total. The Balaban J connectivity index is 1.38. The first kappa shape index (κ1) is 22.7. The summed E-state index contributed by atoms with van der Waals surface area (Å²) >= 11 is 0. The van der Waals surface area contributed by atoms with Crippen LogP contribution in [0.25, 0.3) is 0 Å². The van der Waals surface area contributed by atoms with Gasteiger partial charge in [-0.05, 0) is 58.8 Å². The summed E-state index contributed by atoms with van der Waals surface area (Å²) in [6, 6.07) is 1.67. The molecule has 1 atom stereocenters. The summed E-state index contributed by atoms with van der Waals surface area (Å²) in [5.74, 6) is -0.478. The second-order valence-electron chi connectivity index (χ2n) is 9.29. The fraction of sp³-hybridized carbons (Fsp3) is 0.810. The summed E-state index contributed by atoms with van der Waals surface area (Å²) in [4.78, 5) is 12.9. The summed E-state index contributed by atoms with van der Waals surface area (Å²) in [6.07, 6.45) is 5.53. The lowest BCUT2D eigenvalue weighted by Crippen LogP contribution is -2.50. The van der Waals surface area contributed by atoms with Gasteiger partial charge < -0.3 is 18.7 Å². The molecule has 0 bridgehead atoms. The van der Waals surface area contributed by atoms with Crippen molar-refractivity contribution in [2.45, 2.75) is 80.5 Å². The van der Waals surface area contributed by atoms with E-state index in [1.54, 1.807) is 6.07 Å². The number of anilines is 1. The number of carbonyl (C=O) groups is 1. The monoisotopic (exact) mass is 456 g/mol. The number of hydrogen-bond acceptors (Lipinski definition) is 8. The number of aromatic nitrogens is 1. The highest BCUT2D eigenvalue weighted by Gasteiger charge is 2.49. The van der Waals surface area contributed by atoms with Crippen molar-refractivity contribution in [3.63, 3.8) is 0 Å². The predicted octanol–water partition coefficient (Wildman–Crippen LogP) is 2.56. The molecule has 1 unspecified atom stereocenters. The molecule has 4 rings (SSSR count). The topological polar surface area (TPSA) is 117 Å². The number of nitrogens with zero attached hydrogens (tertiary/aromatic N) is 1. The van der Waals surface area contributed by atoms with Gasteiger partial charge in [0.1, 0.15) is 4.75 Å². The maximum Gasteiger partial charge on any atom is 0.247 e. The van der Waals surface area contributed by atoms with Crippen LogP contribution in [0.3, 0.4) is 0 Å². The summed E-state index contributed by atoms with van der Waals surface area (Å²) in [5, 5.41) is 6.15. The van der Waals surface area contributed by atoms with Gasteiger partial charge >= 0.3 is 0 Å². The molecule has 0 spiro atoms. The third-order valence-electron chi connectivity index (χ3n) is 6.69. The SMILES string of the molecule is CC(C)(C(=O)Nc1cc(C2(COC3CCCCO3)CC2)no1)S(=O)(=O)C1CCOCC1. The molecule has 31 heavy (non-hydrogen) atoms. The number of carbonyl (C=O) groups excluding carboxylic acids is 1. The standard InChI is InChI=1S/C21H32N2O7S/c1-20(2,31(25,26)15-6-11-27-12-7-15)19(24)22-17-13-16(23-30-17)21(8-9-21)14-29-18-5-3-4-10-28-18/h13,15,18H,3-12,14H2,1-2H3,(H,22,24). The van der Waals surface area contributed by atoms with Gasteiger partial charge in [0.15, 0.2) is 16.1 Å². The Kier molecular flexibility index (Phi) is 6.44. The van der Waals surface area contributed by atoms with Crippen molar-refractivity contribution >= 4 is 21.6 Å². The highest BCUT2D eigenvalue weighted by molar-refractivity contribution is 7.94. The molecule has 3 heterocycles. The Hall–Kier alpha value is -1.49. The number of ether oxygens (including phenoxy) is 3. The molecule has 10 heteroatoms. The Morgan fingerprint density at radius 2 is 1.97 bits per heavy atom. The van der Waals surface area contributed by atoms with E-state index in [9.17, 15) is 13.2 Å². The number of sulfone groups is 1. The average molecular weight is 457 g/mol. The fourth-order valence-electron chi connectivity index (χ4n) is 4.10. The van der Waals surface area contributed by atoms with Gasteiger partial charge in [-0.25, -0.2) is 8.42 Å². The molecule has 1 aromatic heterocycles. The van der Waals surface area contributed by atoms with Crippen molar-refractivity contribution < 1.29 is 31.9 Å². The first-order chi connectivity index (χ1) is 14.7. The zero-order valence-corrected chi connectivity index (χ0v) is 19.0. The second kappa shape index (κ2) is 8.80. The minimum absolute atomic E-state index is 0.149. The van der Waals surface area contributed by atoms with E-state index in [-0.39, 0.29) is 17.6 Å². The van der Waals surface area contributed by atoms with Crippen molar-refractivity contribution in [3.05, 3.63) is 11.8 Å². The van der Waals surface area contributed by atoms with Gasteiger partial charge in [0.05, 0.1) is 17.6 Å². The Labute approximate surface area is 183 Å². The molecular weight excluding hydrogens is 424 g/mol. The second-order valence-corrected chi connectivity index (χ2v) is 12.1. The number of hydrogen-bond donors (Lipinski definition) is 1. The predicted molar refractivity (Wildman–Crippen MR) is 112 cm³/mol. The van der Waals surface area contributed by atoms with Crippen molar-refractivity contribution in [1.29, 1.82) is 0 Å². The molecule has 1 amide bonds. The molecule has 0 aromatic carbocycles. The van der Waals surface area contributed by atoms with Crippen LogP contribution in [0.1, 0.15) is 64.5 Å². The quantitative estimate of drug-likeness (QED) is 0.634. The maximum atomic E-state index is 13.1. The highest BCUT2D eigenvalue weighted by Crippen LogP contribution is 2.48. The molecule has 174 valence electrons. The third kappa shape index (κ3) is 4.67. The molecule has 1 saturated carbocycles. The Bertz CT molecular complexity index is 879. The minimum atomic E-state index is -3.70. The van der Waals surface area contributed by atoms with E-state index in [0.717, 1.165) is 38.7 Å². The van der Waals surface area contributed by atoms with Crippen LogP contribution >= 0.6 is 0 Å². The zero-order chi connectivity index (χ0) is 22.1. The van der Waals surface area contributed by atoms with Crippen LogP contribution in [-0.2, 0) is 34.3 Å². The van der Waals surface area contributed by atoms with Crippen molar-refractivity contribution in [3.8, 4) is 0 Å². The van der Waals surface area contributed by atoms with Crippen LogP contribution in [0.15, 0.2) is 10.6 Å². The van der Waals surface area contributed by atoms with Gasteiger partial charge in [-0.15, -0.1) is 0 Å². The van der Waals surface area contributed by atoms with Crippen molar-refractivity contribution in [2.24, 2.45) is 0 Å². The smallest absolute Gasteiger partial charge is 0.247 e. The van der Waals surface area contributed by atoms with Gasteiger partial charge in [-0.3, -0.25) is 10.1 Å². The van der Waals surface area contributed by atoms with Gasteiger partial charge in [-0.1, -0.05) is 5.16 Å². The number of nitrogens with one attached hydrogen (secondary N) is 1. The van der Waals surface area contributed by atoms with E-state index < -0.39 is 25.7 Å². The number of amides is 1. The van der Waals surface area contributed by atoms with Gasteiger partial charge in [0, 0.05) is 31.3 Å². The van der Waals surface area contributed by atoms with Crippen LogP contribution < -0.4 is 5.32 Å². The zero-order valence-electron chi connectivity index (χ0n) is 18.2. The molecule has 2 aliphatic heterocycles. The molecule has 3 fully saturated rings. The van der Waals surface area contributed by atoms with E-state index in [4.69, 9.17) is 18.7 Å². The summed E-state index contributed by atoms with van der Waals surface area (Å²) < 4.78 is 46.7. The summed E-state index contributed by atoms with van der Waals surface area (Å²) in [6.45, 7) is 4.87. The minimum Gasteiger partial charge on any atom is -0.381 e. The van der Waals surface area contributed by atoms with Crippen LogP contribution in [0.5, 0.6) is 0 Å². The van der Waals surface area contributed by atoms with Crippen LogP contribution in [0.4, 0.5) is 5.88 Å². The Morgan fingerprint density at radius 3 is 2.61 bits per heavy atom. The Morgan fingerprint density at radius 1 is 1.23 bits per heavy atom. The molecule has 1 aromatic rings. The van der Waals surface area contributed by atoms with Crippen LogP contribution in [0, 0.1) is 0 Å². The normalized spacial score (nSPS) is 24.6. The van der Waals surface area contributed by atoms with E-state index in [1.165, 1.54) is 13.8 Å². The number of rotatable bonds is 8. The van der Waals surface area contributed by atoms with E-state index in [1.807, 2.05) is 0 Å². The van der Waals surface area contributed by atoms with Gasteiger partial charge in [0.25, 0.3) is 0 Å². The van der Waals surface area contributed by atoms with E-state index in [0.29, 0.717) is 38.4 Å². The molecule has 3 aliphatic rings. The molecular formula is C21H32N2O7S. The van der Waals surface area contributed by atoms with Crippen molar-refractivity contribution in [1.82, 2.24) is 5.16 Å². The lowest BCUT2D eigenvalue weighted by Gasteiger charge is -2.30. The largest absolute Gasteiger partial charge is 0.381 e. The highest BCUT2D eigenvalue weighted by atomic mass is 32.2. The molecule has 2 saturated heterocycles. The maximum absolute atomic E-state index is 13.1. The third-order valence-corrected chi connectivity index (χ3v) is 9.65. The summed E-state index contributed by atoms with van der Waals surface area (Å²) in [7, 11) is -3.70. The van der Waals surface area contributed by atoms with Gasteiger partial charge in [-0.2, -0.15) is 0 Å². The summed E-state index contributed by atoms with van der Waals surface area (Å²) in [5.41, 5.74) is 0.487. The molecule has 1 aliphatic carbocycles. The lowest BCUT2D eigenvalue weighted by atomic mass is 10.0. The first-order valence-electron chi connectivity index (χ1n) is 11.1. The van der Waals surface area contributed by atoms with Crippen LogP contribution in [-0.4, -0.2) is 62.2 Å². The molecule has 0 radical (unpaired) electrons. The van der Waals surface area contributed by atoms with Crippen LogP contribution in [0.2, 0.25) is 0 Å². The van der Waals surface area contributed by atoms with Crippen molar-refractivity contribution in [2.75, 3.05) is 31.7 Å². The van der Waals surface area contributed by atoms with E-state index in [2.05, 4.69) is 10.5 Å².